The third kappa shape index (κ3) is 4.71. The van der Waals surface area contributed by atoms with Crippen LogP contribution in [0.25, 0.3) is 98.5 Å². The van der Waals surface area contributed by atoms with E-state index in [0.717, 1.165) is 28.0 Å². The number of furan rings is 1. The number of fused-ring (bicyclic) bond motifs is 6. The molecular formula is C45H27N3OS. The highest BCUT2D eigenvalue weighted by Crippen LogP contribution is 2.41. The highest BCUT2D eigenvalue weighted by Gasteiger charge is 2.21. The van der Waals surface area contributed by atoms with Crippen LogP contribution in [0.2, 0.25) is 0 Å². The quantitative estimate of drug-likeness (QED) is 0.183. The summed E-state index contributed by atoms with van der Waals surface area (Å²) < 4.78 is 129. The van der Waals surface area contributed by atoms with Crippen LogP contribution in [0.5, 0.6) is 0 Å². The molecule has 0 unspecified atom stereocenters. The summed E-state index contributed by atoms with van der Waals surface area (Å²) in [5.74, 6) is -0.596. The SMILES string of the molecule is [2H]c1c([2H])c([2H])c2c(oc3c([2H])c([2H])c([2H])c(-c4nc(-c5ccccc5-c5ccc(-c6ccccc6)cc5)nc(-c5c([2H])c([2H])c([2H])c6c5sc5c([2H])c([2H])c([2H])c([2H])c56)n4)c32)c1[2H]. The topological polar surface area (TPSA) is 51.8 Å². The van der Waals surface area contributed by atoms with Gasteiger partial charge in [0.1, 0.15) is 11.2 Å². The van der Waals surface area contributed by atoms with Gasteiger partial charge in [0, 0.05) is 47.6 Å². The first-order chi connectivity index (χ1) is 30.6. The van der Waals surface area contributed by atoms with Gasteiger partial charge in [0.15, 0.2) is 17.5 Å². The Kier molecular flexibility index (Phi) is 4.14. The summed E-state index contributed by atoms with van der Waals surface area (Å²) in [5, 5.41) is -0.337. The zero-order valence-corrected chi connectivity index (χ0v) is 26.5. The summed E-state index contributed by atoms with van der Waals surface area (Å²) in [4.78, 5) is 14.6. The number of rotatable bonds is 5. The van der Waals surface area contributed by atoms with E-state index in [1.165, 1.54) is 0 Å². The highest BCUT2D eigenvalue weighted by molar-refractivity contribution is 7.26. The second kappa shape index (κ2) is 11.6. The Morgan fingerprint density at radius 3 is 1.86 bits per heavy atom. The fourth-order valence-electron chi connectivity index (χ4n) is 6.14. The second-order valence-corrected chi connectivity index (χ2v) is 12.3. The van der Waals surface area contributed by atoms with E-state index in [9.17, 15) is 2.74 Å². The molecule has 0 aliphatic heterocycles. The van der Waals surface area contributed by atoms with Gasteiger partial charge in [-0.25, -0.2) is 15.0 Å². The van der Waals surface area contributed by atoms with Crippen molar-refractivity contribution in [1.29, 1.82) is 0 Å². The molecule has 0 aliphatic rings. The van der Waals surface area contributed by atoms with Crippen molar-refractivity contribution < 1.29 is 23.6 Å². The molecule has 234 valence electrons. The summed E-state index contributed by atoms with van der Waals surface area (Å²) in [6, 6.07) is 17.4. The zero-order chi connectivity index (χ0) is 45.2. The zero-order valence-electron chi connectivity index (χ0n) is 39.7. The van der Waals surface area contributed by atoms with Gasteiger partial charge in [0.25, 0.3) is 0 Å². The van der Waals surface area contributed by atoms with E-state index in [2.05, 4.69) is 0 Å². The van der Waals surface area contributed by atoms with Crippen LogP contribution < -0.4 is 0 Å². The molecule has 3 aromatic heterocycles. The molecule has 0 fully saturated rings. The van der Waals surface area contributed by atoms with Gasteiger partial charge in [0.2, 0.25) is 0 Å². The standard InChI is InChI=1S/C45H27N3OS/c1-2-12-28(13-3-1)29-24-26-30(27-25-29)31-14-4-5-16-34(31)43-46-44(36-19-11-22-39-41(36)35-17-6-8-21-38(35)49-39)48-45(47-43)37-20-10-18-33-32-15-7-9-23-40(32)50-42(33)37/h1-27H/i6D,7D,8D,9D,10D,11D,15D,17D,18D,19D,20D,21D,22D,23D. The van der Waals surface area contributed by atoms with Gasteiger partial charge in [-0.2, -0.15) is 0 Å². The van der Waals surface area contributed by atoms with E-state index in [4.69, 9.17) is 35.8 Å². The minimum Gasteiger partial charge on any atom is -0.456 e. The minimum absolute atomic E-state index is 0.0106. The first-order valence-corrected chi connectivity index (χ1v) is 16.3. The molecule has 0 radical (unpaired) electrons. The summed E-state index contributed by atoms with van der Waals surface area (Å²) in [5.41, 5.74) is 2.83. The fraction of sp³-hybridized carbons (Fsp3) is 0. The molecule has 7 aromatic carbocycles. The Hall–Kier alpha value is -6.43. The molecule has 10 aromatic rings. The smallest absolute Gasteiger partial charge is 0.165 e. The van der Waals surface area contributed by atoms with Crippen LogP contribution in [-0.2, 0) is 0 Å². The monoisotopic (exact) mass is 671 g/mol. The maximum atomic E-state index is 9.30. The van der Waals surface area contributed by atoms with Crippen molar-refractivity contribution in [3.05, 3.63) is 163 Å². The number of nitrogens with zero attached hydrogens (tertiary/aromatic N) is 3. The lowest BCUT2D eigenvalue weighted by Crippen LogP contribution is -2.01. The fourth-order valence-corrected chi connectivity index (χ4v) is 7.20. The molecule has 10 rings (SSSR count). The number of hydrogen-bond donors (Lipinski definition) is 0. The lowest BCUT2D eigenvalue weighted by Gasteiger charge is -2.13. The second-order valence-electron chi connectivity index (χ2n) is 11.3. The summed E-state index contributed by atoms with van der Waals surface area (Å²) in [7, 11) is 0. The Labute approximate surface area is 311 Å². The average Bonchev–Trinajstić information content (AvgIpc) is 3.91. The summed E-state index contributed by atoms with van der Waals surface area (Å²) in [6.07, 6.45) is 0. The van der Waals surface area contributed by atoms with Crippen molar-refractivity contribution in [3.8, 4) is 56.4 Å². The Morgan fingerprint density at radius 2 is 1.02 bits per heavy atom. The van der Waals surface area contributed by atoms with Crippen LogP contribution in [0.4, 0.5) is 0 Å². The third-order valence-corrected chi connectivity index (χ3v) is 9.56. The van der Waals surface area contributed by atoms with Crippen LogP contribution in [0.15, 0.2) is 168 Å². The van der Waals surface area contributed by atoms with Crippen molar-refractivity contribution in [2.24, 2.45) is 0 Å². The van der Waals surface area contributed by atoms with Crippen molar-refractivity contribution in [2.75, 3.05) is 0 Å². The Bertz CT molecular complexity index is 3670. The molecule has 0 atom stereocenters. The van der Waals surface area contributed by atoms with E-state index in [-0.39, 0.29) is 76.8 Å². The lowest BCUT2D eigenvalue weighted by molar-refractivity contribution is 0.669. The number of benzene rings is 7. The number of para-hydroxylation sites is 1. The maximum Gasteiger partial charge on any atom is 0.165 e. The molecule has 0 spiro atoms. The average molecular weight is 672 g/mol. The Morgan fingerprint density at radius 1 is 0.440 bits per heavy atom. The normalized spacial score (nSPS) is 15.5. The van der Waals surface area contributed by atoms with Gasteiger partial charge in [-0.15, -0.1) is 11.3 Å². The molecule has 3 heterocycles. The van der Waals surface area contributed by atoms with Crippen LogP contribution in [0.3, 0.4) is 0 Å². The van der Waals surface area contributed by atoms with E-state index >= 15 is 0 Å². The molecule has 0 N–H and O–H groups in total. The van der Waals surface area contributed by atoms with Crippen LogP contribution in [-0.4, -0.2) is 15.0 Å². The first kappa shape index (κ1) is 17.8. The third-order valence-electron chi connectivity index (χ3n) is 8.44. The molecular weight excluding hydrogens is 631 g/mol. The molecule has 0 bridgehead atoms. The number of aromatic nitrogens is 3. The molecule has 50 heavy (non-hydrogen) atoms. The van der Waals surface area contributed by atoms with E-state index < -0.39 is 78.6 Å². The molecule has 0 saturated heterocycles. The summed E-state index contributed by atoms with van der Waals surface area (Å²) in [6.45, 7) is 0. The molecule has 0 aliphatic carbocycles. The number of thiophene rings is 1. The van der Waals surface area contributed by atoms with Crippen molar-refractivity contribution >= 4 is 53.4 Å². The van der Waals surface area contributed by atoms with Crippen molar-refractivity contribution in [1.82, 2.24) is 15.0 Å². The van der Waals surface area contributed by atoms with Crippen LogP contribution >= 0.6 is 11.3 Å². The van der Waals surface area contributed by atoms with E-state index in [0.29, 0.717) is 11.1 Å². The first-order valence-electron chi connectivity index (χ1n) is 22.5. The molecule has 0 amide bonds. The molecule has 5 heteroatoms. The molecule has 0 saturated carbocycles. The lowest BCUT2D eigenvalue weighted by atomic mass is 9.96. The molecule has 4 nitrogen and oxygen atoms in total. The Balaban J connectivity index is 1.34. The van der Waals surface area contributed by atoms with Crippen molar-refractivity contribution in [2.45, 2.75) is 0 Å². The van der Waals surface area contributed by atoms with Crippen LogP contribution in [0, 0.1) is 0 Å². The van der Waals surface area contributed by atoms with Crippen molar-refractivity contribution in [3.63, 3.8) is 0 Å². The van der Waals surface area contributed by atoms with Gasteiger partial charge in [-0.05, 0) is 46.4 Å². The predicted octanol–water partition coefficient (Wildman–Crippen LogP) is 12.5. The number of hydrogen-bond acceptors (Lipinski definition) is 5. The van der Waals surface area contributed by atoms with Gasteiger partial charge in [-0.1, -0.05) is 139 Å². The highest BCUT2D eigenvalue weighted by atomic mass is 32.1. The summed E-state index contributed by atoms with van der Waals surface area (Å²) >= 11 is 0.881. The minimum atomic E-state index is -0.623. The predicted molar refractivity (Wildman–Crippen MR) is 207 cm³/mol. The van der Waals surface area contributed by atoms with Gasteiger partial charge in [-0.3, -0.25) is 0 Å². The largest absolute Gasteiger partial charge is 0.456 e. The van der Waals surface area contributed by atoms with Gasteiger partial charge >= 0.3 is 0 Å². The van der Waals surface area contributed by atoms with Crippen LogP contribution in [0.1, 0.15) is 19.2 Å². The maximum absolute atomic E-state index is 9.30. The van der Waals surface area contributed by atoms with Gasteiger partial charge < -0.3 is 4.42 Å². The van der Waals surface area contributed by atoms with E-state index in [1.807, 2.05) is 66.7 Å². The van der Waals surface area contributed by atoms with Gasteiger partial charge in [0.05, 0.1) is 19.2 Å². The van der Waals surface area contributed by atoms with E-state index in [1.54, 1.807) is 12.1 Å².